The van der Waals surface area contributed by atoms with Crippen LogP contribution in [0.15, 0.2) is 48.5 Å². The molecule has 2 unspecified atom stereocenters. The summed E-state index contributed by atoms with van der Waals surface area (Å²) in [4.78, 5) is 33.3. The zero-order chi connectivity index (χ0) is 20.1. The lowest BCUT2D eigenvalue weighted by atomic mass is 9.86. The van der Waals surface area contributed by atoms with Crippen molar-refractivity contribution in [2.75, 3.05) is 20.2 Å². The van der Waals surface area contributed by atoms with Gasteiger partial charge in [-0.15, -0.1) is 0 Å². The Morgan fingerprint density at radius 2 is 1.86 bits per heavy atom. The Labute approximate surface area is 169 Å². The summed E-state index contributed by atoms with van der Waals surface area (Å²) in [5.41, 5.74) is 4.12. The Hall–Kier alpha value is -3.28. The van der Waals surface area contributed by atoms with Gasteiger partial charge in [-0.3, -0.25) is 9.59 Å². The van der Waals surface area contributed by atoms with E-state index in [1.54, 1.807) is 16.9 Å². The Bertz CT molecular complexity index is 1100. The molecule has 6 nitrogen and oxygen atoms in total. The van der Waals surface area contributed by atoms with E-state index >= 15 is 0 Å². The number of nitrogens with one attached hydrogen (secondary N) is 1. The van der Waals surface area contributed by atoms with Crippen LogP contribution < -0.4 is 4.74 Å². The number of H-pyrrole nitrogens is 1. The molecule has 2 aliphatic rings. The van der Waals surface area contributed by atoms with Gasteiger partial charge >= 0.3 is 0 Å². The van der Waals surface area contributed by atoms with E-state index in [0.717, 1.165) is 33.5 Å². The van der Waals surface area contributed by atoms with E-state index in [1.165, 1.54) is 0 Å². The first-order chi connectivity index (χ1) is 14.1. The van der Waals surface area contributed by atoms with Gasteiger partial charge in [0.25, 0.3) is 0 Å². The number of hydrogen-bond donors (Lipinski definition) is 1. The predicted octanol–water partition coefficient (Wildman–Crippen LogP) is 2.88. The number of likely N-dealkylation sites (N-methyl/N-ethyl adjacent to an activating group) is 1. The molecule has 1 fully saturated rings. The number of benzene rings is 2. The number of aromatic amines is 1. The van der Waals surface area contributed by atoms with E-state index in [4.69, 9.17) is 4.74 Å². The summed E-state index contributed by atoms with van der Waals surface area (Å²) < 4.78 is 5.30. The molecule has 0 aliphatic carbocycles. The van der Waals surface area contributed by atoms with E-state index < -0.39 is 6.04 Å². The second-order valence-electron chi connectivity index (χ2n) is 7.61. The first-order valence-electron chi connectivity index (χ1n) is 9.95. The third-order valence-electron chi connectivity index (χ3n) is 6.16. The molecule has 0 radical (unpaired) electrons. The summed E-state index contributed by atoms with van der Waals surface area (Å²) in [5, 5.41) is 1.12. The van der Waals surface area contributed by atoms with Crippen molar-refractivity contribution in [1.29, 1.82) is 0 Å². The minimum Gasteiger partial charge on any atom is -0.497 e. The molecule has 29 heavy (non-hydrogen) atoms. The molecular formula is C23H23N3O3. The number of carbonyl (C=O) groups is 2. The number of methoxy groups -OCH3 is 1. The Morgan fingerprint density at radius 1 is 1.10 bits per heavy atom. The van der Waals surface area contributed by atoms with Crippen LogP contribution in [0, 0.1) is 0 Å². The van der Waals surface area contributed by atoms with Crippen molar-refractivity contribution in [2.45, 2.75) is 25.4 Å². The molecule has 6 heteroatoms. The van der Waals surface area contributed by atoms with Crippen LogP contribution in [0.5, 0.6) is 5.75 Å². The van der Waals surface area contributed by atoms with Crippen LogP contribution in [0.2, 0.25) is 0 Å². The van der Waals surface area contributed by atoms with E-state index in [1.807, 2.05) is 49.4 Å². The van der Waals surface area contributed by atoms with Crippen LogP contribution in [-0.2, 0) is 16.0 Å². The molecule has 2 aliphatic heterocycles. The monoisotopic (exact) mass is 389 g/mol. The topological polar surface area (TPSA) is 65.6 Å². The summed E-state index contributed by atoms with van der Waals surface area (Å²) in [6.07, 6.45) is 0.535. The Balaban J connectivity index is 1.71. The molecule has 3 aromatic rings. The van der Waals surface area contributed by atoms with Crippen molar-refractivity contribution in [3.63, 3.8) is 0 Å². The molecule has 0 saturated carbocycles. The molecule has 5 rings (SSSR count). The van der Waals surface area contributed by atoms with Crippen LogP contribution in [-0.4, -0.2) is 52.8 Å². The average Bonchev–Trinajstić information content (AvgIpc) is 3.13. The van der Waals surface area contributed by atoms with Crippen LogP contribution in [0.3, 0.4) is 0 Å². The molecular weight excluding hydrogens is 366 g/mol. The lowest BCUT2D eigenvalue weighted by Crippen LogP contribution is -2.62. The highest BCUT2D eigenvalue weighted by atomic mass is 16.5. The number of para-hydroxylation sites is 1. The largest absolute Gasteiger partial charge is 0.497 e. The van der Waals surface area contributed by atoms with Gasteiger partial charge in [-0.1, -0.05) is 30.3 Å². The number of rotatable bonds is 3. The number of hydrogen-bond acceptors (Lipinski definition) is 3. The number of carbonyl (C=O) groups excluding carboxylic acids is 2. The number of aromatic nitrogens is 1. The fourth-order valence-corrected chi connectivity index (χ4v) is 4.72. The average molecular weight is 389 g/mol. The molecule has 2 aromatic carbocycles. The minimum atomic E-state index is -0.477. The quantitative estimate of drug-likeness (QED) is 0.749. The maximum Gasteiger partial charge on any atom is 0.246 e. The summed E-state index contributed by atoms with van der Waals surface area (Å²) in [6.45, 7) is 2.60. The maximum atomic E-state index is 13.2. The summed E-state index contributed by atoms with van der Waals surface area (Å²) in [6, 6.07) is 15.1. The van der Waals surface area contributed by atoms with Gasteiger partial charge in [-0.2, -0.15) is 0 Å². The lowest BCUT2D eigenvalue weighted by molar-refractivity contribution is -0.158. The molecule has 0 spiro atoms. The summed E-state index contributed by atoms with van der Waals surface area (Å²) in [5.74, 6) is 0.777. The molecule has 2 amide bonds. The zero-order valence-corrected chi connectivity index (χ0v) is 16.5. The molecule has 1 aromatic heterocycles. The minimum absolute atomic E-state index is 0.0124. The summed E-state index contributed by atoms with van der Waals surface area (Å²) >= 11 is 0. The van der Waals surface area contributed by atoms with E-state index in [0.29, 0.717) is 13.0 Å². The molecule has 1 saturated heterocycles. The standard InChI is InChI=1S/C23H23N3O3/c1-3-25-13-20(27)26-19(23(25)28)12-17-16-6-4-5-7-18(16)24-21(17)22(26)14-8-10-15(29-2)11-9-14/h4-11,19,22,24H,3,12-13H2,1-2H3. The first-order valence-corrected chi connectivity index (χ1v) is 9.95. The zero-order valence-electron chi connectivity index (χ0n) is 16.5. The number of ether oxygens (including phenoxy) is 1. The van der Waals surface area contributed by atoms with Crippen molar-refractivity contribution >= 4 is 22.7 Å². The SMILES string of the molecule is CCN1CC(=O)N2C(Cc3c([nH]c4ccccc34)C2c2ccc(OC)cc2)C1=O. The fourth-order valence-electron chi connectivity index (χ4n) is 4.72. The van der Waals surface area contributed by atoms with Gasteiger partial charge < -0.3 is 19.5 Å². The van der Waals surface area contributed by atoms with Crippen molar-refractivity contribution in [3.05, 3.63) is 65.4 Å². The van der Waals surface area contributed by atoms with Gasteiger partial charge in [0.1, 0.15) is 11.8 Å². The normalized spacial score (nSPS) is 21.3. The number of fused-ring (bicyclic) bond motifs is 4. The Kier molecular flexibility index (Phi) is 4.08. The molecule has 1 N–H and O–H groups in total. The van der Waals surface area contributed by atoms with E-state index in [9.17, 15) is 9.59 Å². The smallest absolute Gasteiger partial charge is 0.246 e. The Morgan fingerprint density at radius 3 is 2.59 bits per heavy atom. The highest BCUT2D eigenvalue weighted by molar-refractivity contribution is 5.97. The van der Waals surface area contributed by atoms with E-state index in [-0.39, 0.29) is 24.4 Å². The van der Waals surface area contributed by atoms with Crippen molar-refractivity contribution < 1.29 is 14.3 Å². The highest BCUT2D eigenvalue weighted by Crippen LogP contribution is 2.42. The van der Waals surface area contributed by atoms with Gasteiger partial charge in [0.15, 0.2) is 0 Å². The lowest BCUT2D eigenvalue weighted by Gasteiger charge is -2.47. The first kappa shape index (κ1) is 17.8. The molecule has 148 valence electrons. The number of nitrogens with zero attached hydrogens (tertiary/aromatic N) is 2. The second kappa shape index (κ2) is 6.65. The van der Waals surface area contributed by atoms with Gasteiger partial charge in [0, 0.05) is 29.6 Å². The van der Waals surface area contributed by atoms with Crippen molar-refractivity contribution in [3.8, 4) is 5.75 Å². The van der Waals surface area contributed by atoms with Gasteiger partial charge in [-0.25, -0.2) is 0 Å². The highest BCUT2D eigenvalue weighted by Gasteiger charge is 2.47. The molecule has 0 bridgehead atoms. The third-order valence-corrected chi connectivity index (χ3v) is 6.16. The van der Waals surface area contributed by atoms with Crippen LogP contribution >= 0.6 is 0 Å². The number of piperazine rings is 1. The van der Waals surface area contributed by atoms with Gasteiger partial charge in [-0.05, 0) is 36.2 Å². The van der Waals surface area contributed by atoms with Gasteiger partial charge in [0.2, 0.25) is 11.8 Å². The summed E-state index contributed by atoms with van der Waals surface area (Å²) in [7, 11) is 1.63. The van der Waals surface area contributed by atoms with Crippen molar-refractivity contribution in [2.24, 2.45) is 0 Å². The maximum absolute atomic E-state index is 13.2. The fraction of sp³-hybridized carbons (Fsp3) is 0.304. The van der Waals surface area contributed by atoms with Crippen LogP contribution in [0.25, 0.3) is 10.9 Å². The molecule has 3 heterocycles. The van der Waals surface area contributed by atoms with Gasteiger partial charge in [0.05, 0.1) is 19.7 Å². The van der Waals surface area contributed by atoms with E-state index in [2.05, 4.69) is 11.1 Å². The third kappa shape index (κ3) is 2.63. The molecule has 2 atom stereocenters. The van der Waals surface area contributed by atoms with Crippen LogP contribution in [0.4, 0.5) is 0 Å². The van der Waals surface area contributed by atoms with Crippen molar-refractivity contribution in [1.82, 2.24) is 14.8 Å². The second-order valence-corrected chi connectivity index (χ2v) is 7.61. The van der Waals surface area contributed by atoms with Crippen LogP contribution in [0.1, 0.15) is 29.8 Å². The predicted molar refractivity (Wildman–Crippen MR) is 110 cm³/mol. The number of amides is 2.